The number of rotatable bonds is 1. The highest BCUT2D eigenvalue weighted by atomic mass is 16.5. The van der Waals surface area contributed by atoms with Crippen LogP contribution in [-0.2, 0) is 0 Å². The molecule has 1 heterocycles. The van der Waals surface area contributed by atoms with Crippen molar-refractivity contribution in [3.8, 4) is 5.75 Å². The minimum atomic E-state index is 0.517. The average Bonchev–Trinajstić information content (AvgIpc) is 2.48. The number of ether oxygens (including phenoxy) is 1. The number of benzene rings is 1. The molecule has 1 N–H and O–H groups in total. The molecule has 0 aliphatic carbocycles. The fourth-order valence-corrected chi connectivity index (χ4v) is 1.69. The zero-order valence-corrected chi connectivity index (χ0v) is 7.42. The summed E-state index contributed by atoms with van der Waals surface area (Å²) in [5.41, 5.74) is 2.51. The zero-order chi connectivity index (χ0) is 8.55. The molecule has 1 aromatic carbocycles. The van der Waals surface area contributed by atoms with Crippen molar-refractivity contribution >= 4 is 5.69 Å². The van der Waals surface area contributed by atoms with E-state index in [-0.39, 0.29) is 0 Å². The highest BCUT2D eigenvalue weighted by molar-refractivity contribution is 5.60. The summed E-state index contributed by atoms with van der Waals surface area (Å²) in [5, 5.41) is 3.18. The van der Waals surface area contributed by atoms with Gasteiger partial charge in [-0.15, -0.1) is 0 Å². The molecular weight excluding hydrogens is 150 g/mol. The van der Waals surface area contributed by atoms with E-state index in [1.165, 1.54) is 11.3 Å². The third kappa shape index (κ3) is 0.951. The van der Waals surface area contributed by atoms with Crippen LogP contribution in [0.15, 0.2) is 18.2 Å². The SMILES string of the molecule is CNc1cccc2c1C(C)CO2. The Morgan fingerprint density at radius 2 is 2.33 bits per heavy atom. The van der Waals surface area contributed by atoms with E-state index in [1.54, 1.807) is 0 Å². The summed E-state index contributed by atoms with van der Waals surface area (Å²) in [7, 11) is 1.95. The third-order valence-electron chi connectivity index (χ3n) is 2.32. The number of nitrogens with one attached hydrogen (secondary N) is 1. The smallest absolute Gasteiger partial charge is 0.124 e. The first-order chi connectivity index (χ1) is 5.83. The second-order valence-electron chi connectivity index (χ2n) is 3.18. The molecule has 0 bridgehead atoms. The van der Waals surface area contributed by atoms with Crippen LogP contribution < -0.4 is 10.1 Å². The van der Waals surface area contributed by atoms with E-state index in [4.69, 9.17) is 4.74 Å². The van der Waals surface area contributed by atoms with E-state index in [0.717, 1.165) is 12.4 Å². The Kier molecular flexibility index (Phi) is 1.68. The van der Waals surface area contributed by atoms with E-state index in [2.05, 4.69) is 18.3 Å². The Hall–Kier alpha value is -1.18. The standard InChI is InChI=1S/C10H13NO/c1-7-6-12-9-5-3-4-8(11-2)10(7)9/h3-5,7,11H,6H2,1-2H3. The molecule has 64 valence electrons. The van der Waals surface area contributed by atoms with Gasteiger partial charge in [-0.2, -0.15) is 0 Å². The van der Waals surface area contributed by atoms with Crippen LogP contribution in [0.2, 0.25) is 0 Å². The quantitative estimate of drug-likeness (QED) is 0.685. The summed E-state index contributed by atoms with van der Waals surface area (Å²) in [6.45, 7) is 3.00. The van der Waals surface area contributed by atoms with Gasteiger partial charge in [0.05, 0.1) is 6.61 Å². The number of hydrogen-bond acceptors (Lipinski definition) is 2. The Balaban J connectivity index is 2.53. The molecule has 0 spiro atoms. The Bertz CT molecular complexity index is 296. The lowest BCUT2D eigenvalue weighted by Gasteiger charge is -2.07. The van der Waals surface area contributed by atoms with E-state index in [0.29, 0.717) is 5.92 Å². The second kappa shape index (κ2) is 2.70. The first-order valence-electron chi connectivity index (χ1n) is 4.26. The van der Waals surface area contributed by atoms with Gasteiger partial charge in [0.1, 0.15) is 5.75 Å². The van der Waals surface area contributed by atoms with Crippen molar-refractivity contribution < 1.29 is 4.74 Å². The molecule has 0 saturated carbocycles. The van der Waals surface area contributed by atoms with E-state index < -0.39 is 0 Å². The van der Waals surface area contributed by atoms with Gasteiger partial charge in [0.25, 0.3) is 0 Å². The first kappa shape index (κ1) is 7.47. The second-order valence-corrected chi connectivity index (χ2v) is 3.18. The van der Waals surface area contributed by atoms with E-state index in [1.807, 2.05) is 19.2 Å². The van der Waals surface area contributed by atoms with Gasteiger partial charge >= 0.3 is 0 Å². The van der Waals surface area contributed by atoms with Crippen molar-refractivity contribution in [2.75, 3.05) is 19.0 Å². The maximum Gasteiger partial charge on any atom is 0.124 e. The zero-order valence-electron chi connectivity index (χ0n) is 7.42. The van der Waals surface area contributed by atoms with Gasteiger partial charge in [-0.25, -0.2) is 0 Å². The molecule has 0 radical (unpaired) electrons. The van der Waals surface area contributed by atoms with Crippen LogP contribution in [0, 0.1) is 0 Å². The summed E-state index contributed by atoms with van der Waals surface area (Å²) in [5.74, 6) is 1.55. The van der Waals surface area contributed by atoms with Crippen molar-refractivity contribution in [2.24, 2.45) is 0 Å². The third-order valence-corrected chi connectivity index (χ3v) is 2.32. The molecule has 2 heteroatoms. The van der Waals surface area contributed by atoms with Crippen molar-refractivity contribution in [3.63, 3.8) is 0 Å². The largest absolute Gasteiger partial charge is 0.493 e. The highest BCUT2D eigenvalue weighted by Gasteiger charge is 2.22. The molecule has 0 aromatic heterocycles. The average molecular weight is 163 g/mol. The number of fused-ring (bicyclic) bond motifs is 1. The van der Waals surface area contributed by atoms with Crippen molar-refractivity contribution in [2.45, 2.75) is 12.8 Å². The summed E-state index contributed by atoms with van der Waals surface area (Å²) in [4.78, 5) is 0. The van der Waals surface area contributed by atoms with Crippen LogP contribution in [0.3, 0.4) is 0 Å². The van der Waals surface area contributed by atoms with Crippen LogP contribution in [0.4, 0.5) is 5.69 Å². The normalized spacial score (nSPS) is 20.0. The maximum atomic E-state index is 5.51. The summed E-state index contributed by atoms with van der Waals surface area (Å²) in [6.07, 6.45) is 0. The predicted molar refractivity (Wildman–Crippen MR) is 49.9 cm³/mol. The molecule has 2 rings (SSSR count). The number of hydrogen-bond donors (Lipinski definition) is 1. The molecule has 1 unspecified atom stereocenters. The van der Waals surface area contributed by atoms with Crippen LogP contribution in [-0.4, -0.2) is 13.7 Å². The summed E-state index contributed by atoms with van der Waals surface area (Å²) < 4.78 is 5.51. The molecule has 12 heavy (non-hydrogen) atoms. The van der Waals surface area contributed by atoms with Crippen LogP contribution in [0.1, 0.15) is 18.4 Å². The first-order valence-corrected chi connectivity index (χ1v) is 4.26. The lowest BCUT2D eigenvalue weighted by atomic mass is 10.0. The Morgan fingerprint density at radius 3 is 3.08 bits per heavy atom. The van der Waals surface area contributed by atoms with Gasteiger partial charge in [-0.1, -0.05) is 13.0 Å². The minimum Gasteiger partial charge on any atom is -0.493 e. The van der Waals surface area contributed by atoms with Crippen LogP contribution in [0.25, 0.3) is 0 Å². The molecule has 1 aromatic rings. The molecule has 1 aliphatic rings. The van der Waals surface area contributed by atoms with Crippen LogP contribution in [0.5, 0.6) is 5.75 Å². The number of anilines is 1. The van der Waals surface area contributed by atoms with Gasteiger partial charge in [-0.05, 0) is 12.1 Å². The summed E-state index contributed by atoms with van der Waals surface area (Å²) in [6, 6.07) is 6.13. The van der Waals surface area contributed by atoms with Gasteiger partial charge in [-0.3, -0.25) is 0 Å². The van der Waals surface area contributed by atoms with Crippen molar-refractivity contribution in [1.82, 2.24) is 0 Å². The van der Waals surface area contributed by atoms with Gasteiger partial charge in [0, 0.05) is 24.2 Å². The monoisotopic (exact) mass is 163 g/mol. The van der Waals surface area contributed by atoms with Gasteiger partial charge in [0.2, 0.25) is 0 Å². The molecule has 0 fully saturated rings. The lowest BCUT2D eigenvalue weighted by molar-refractivity contribution is 0.337. The Morgan fingerprint density at radius 1 is 1.50 bits per heavy atom. The molecular formula is C10H13NO. The summed E-state index contributed by atoms with van der Waals surface area (Å²) >= 11 is 0. The highest BCUT2D eigenvalue weighted by Crippen LogP contribution is 2.38. The lowest BCUT2D eigenvalue weighted by Crippen LogP contribution is -1.97. The van der Waals surface area contributed by atoms with Crippen LogP contribution >= 0.6 is 0 Å². The fourth-order valence-electron chi connectivity index (χ4n) is 1.69. The molecule has 0 amide bonds. The minimum absolute atomic E-state index is 0.517. The predicted octanol–water partition coefficient (Wildman–Crippen LogP) is 2.22. The van der Waals surface area contributed by atoms with E-state index >= 15 is 0 Å². The topological polar surface area (TPSA) is 21.3 Å². The van der Waals surface area contributed by atoms with Crippen molar-refractivity contribution in [3.05, 3.63) is 23.8 Å². The molecule has 1 atom stereocenters. The Labute approximate surface area is 72.5 Å². The molecule has 1 aliphatic heterocycles. The van der Waals surface area contributed by atoms with Gasteiger partial charge in [0.15, 0.2) is 0 Å². The van der Waals surface area contributed by atoms with Crippen molar-refractivity contribution in [1.29, 1.82) is 0 Å². The molecule has 0 saturated heterocycles. The van der Waals surface area contributed by atoms with E-state index in [9.17, 15) is 0 Å². The fraction of sp³-hybridized carbons (Fsp3) is 0.400. The maximum absolute atomic E-state index is 5.51. The van der Waals surface area contributed by atoms with Gasteiger partial charge < -0.3 is 10.1 Å². The molecule has 2 nitrogen and oxygen atoms in total.